The largest absolute Gasteiger partial charge is 0.338 e. The van der Waals surface area contributed by atoms with Gasteiger partial charge in [-0.2, -0.15) is 5.26 Å². The molecule has 0 atom stereocenters. The van der Waals surface area contributed by atoms with E-state index >= 15 is 0 Å². The molecule has 8 heteroatoms. The van der Waals surface area contributed by atoms with Crippen molar-refractivity contribution in [3.8, 4) is 6.19 Å². The van der Waals surface area contributed by atoms with Crippen LogP contribution in [0.2, 0.25) is 0 Å². The lowest BCUT2D eigenvalue weighted by atomic mass is 9.92. The Morgan fingerprint density at radius 2 is 2.10 bits per heavy atom. The van der Waals surface area contributed by atoms with Crippen LogP contribution in [0.4, 0.5) is 5.69 Å². The average Bonchev–Trinajstić information content (AvgIpc) is 3.32. The number of aromatic nitrogens is 1. The lowest BCUT2D eigenvalue weighted by Crippen LogP contribution is -2.38. The molecule has 1 saturated heterocycles. The first-order chi connectivity index (χ1) is 14.8. The summed E-state index contributed by atoms with van der Waals surface area (Å²) in [7, 11) is 0. The molecule has 0 bridgehead atoms. The number of carbonyl (C=O) groups is 1. The van der Waals surface area contributed by atoms with Gasteiger partial charge in [-0.25, -0.2) is 4.99 Å². The normalized spacial score (nSPS) is 15.2. The van der Waals surface area contributed by atoms with Crippen molar-refractivity contribution in [3.63, 3.8) is 0 Å². The minimum atomic E-state index is 0.170. The maximum atomic E-state index is 12.4. The lowest BCUT2D eigenvalue weighted by molar-refractivity contribution is 0.0692. The molecule has 7 nitrogen and oxygen atoms in total. The number of nitrogens with zero attached hydrogens (tertiary/aromatic N) is 4. The molecule has 1 fully saturated rings. The molecule has 0 radical (unpaired) electrons. The number of pyridine rings is 1. The Morgan fingerprint density at radius 1 is 1.30 bits per heavy atom. The first-order valence-corrected chi connectivity index (χ1v) is 11.0. The number of allylic oxidation sites excluding steroid dienone is 1. The molecule has 1 amide bonds. The van der Waals surface area contributed by atoms with Crippen molar-refractivity contribution in [3.05, 3.63) is 59.1 Å². The van der Waals surface area contributed by atoms with E-state index in [1.165, 1.54) is 11.3 Å². The van der Waals surface area contributed by atoms with E-state index in [9.17, 15) is 4.79 Å². The third-order valence-corrected chi connectivity index (χ3v) is 5.87. The van der Waals surface area contributed by atoms with E-state index in [0.29, 0.717) is 18.4 Å². The molecule has 0 aliphatic carbocycles. The van der Waals surface area contributed by atoms with E-state index in [0.717, 1.165) is 49.3 Å². The zero-order chi connectivity index (χ0) is 21.0. The highest BCUT2D eigenvalue weighted by Gasteiger charge is 2.23. The predicted molar refractivity (Wildman–Crippen MR) is 120 cm³/mol. The van der Waals surface area contributed by atoms with Crippen molar-refractivity contribution in [1.29, 1.82) is 5.26 Å². The van der Waals surface area contributed by atoms with E-state index < -0.39 is 0 Å². The van der Waals surface area contributed by atoms with Gasteiger partial charge in [-0.15, -0.1) is 11.3 Å². The predicted octanol–water partition coefficient (Wildman–Crippen LogP) is 3.87. The molecule has 0 aromatic carbocycles. The van der Waals surface area contributed by atoms with Crippen molar-refractivity contribution in [2.45, 2.75) is 25.7 Å². The SMILES string of the molecule is N#CNC(=NC/C=C/CCC1CCN(C(=O)c2cccs2)CC1)Nc1ccncc1. The van der Waals surface area contributed by atoms with Gasteiger partial charge in [-0.1, -0.05) is 18.2 Å². The Balaban J connectivity index is 1.35. The van der Waals surface area contributed by atoms with Gasteiger partial charge in [0.15, 0.2) is 6.19 Å². The lowest BCUT2D eigenvalue weighted by Gasteiger charge is -2.31. The van der Waals surface area contributed by atoms with Crippen LogP contribution in [0.5, 0.6) is 0 Å². The molecule has 30 heavy (non-hydrogen) atoms. The highest BCUT2D eigenvalue weighted by atomic mass is 32.1. The summed E-state index contributed by atoms with van der Waals surface area (Å²) in [6, 6.07) is 7.44. The first-order valence-electron chi connectivity index (χ1n) is 10.1. The molecule has 3 rings (SSSR count). The van der Waals surface area contributed by atoms with Crippen LogP contribution < -0.4 is 10.6 Å². The molecule has 1 aliphatic rings. The molecule has 0 spiro atoms. The standard InChI is InChI=1S/C22H26N6OS/c23-17-26-22(27-19-7-12-24-13-8-19)25-11-3-1-2-5-18-9-14-28(15-10-18)21(29)20-6-4-16-30-20/h1,3-4,6-8,12-13,16,18H,2,5,9-11,14-15H2,(H2,24,25,26,27)/b3-1+. The molecule has 3 heterocycles. The third kappa shape index (κ3) is 6.71. The molecule has 0 saturated carbocycles. The first kappa shape index (κ1) is 21.5. The number of piperidine rings is 1. The van der Waals surface area contributed by atoms with Gasteiger partial charge in [0, 0.05) is 31.2 Å². The van der Waals surface area contributed by atoms with Gasteiger partial charge in [-0.05, 0) is 55.2 Å². The Labute approximate surface area is 181 Å². The van der Waals surface area contributed by atoms with Crippen LogP contribution in [-0.2, 0) is 0 Å². The monoisotopic (exact) mass is 422 g/mol. The van der Waals surface area contributed by atoms with Crippen LogP contribution in [-0.4, -0.2) is 41.4 Å². The van der Waals surface area contributed by atoms with Gasteiger partial charge in [0.25, 0.3) is 5.91 Å². The van der Waals surface area contributed by atoms with Crippen LogP contribution in [0.3, 0.4) is 0 Å². The fourth-order valence-corrected chi connectivity index (χ4v) is 4.08. The molecular formula is C22H26N6OS. The number of likely N-dealkylation sites (tertiary alicyclic amines) is 1. The van der Waals surface area contributed by atoms with Gasteiger partial charge in [-0.3, -0.25) is 15.1 Å². The molecule has 2 aromatic heterocycles. The number of hydrogen-bond donors (Lipinski definition) is 2. The van der Waals surface area contributed by atoms with Gasteiger partial charge in [0.05, 0.1) is 11.4 Å². The van der Waals surface area contributed by atoms with Gasteiger partial charge < -0.3 is 10.2 Å². The minimum absolute atomic E-state index is 0.170. The summed E-state index contributed by atoms with van der Waals surface area (Å²) in [6.07, 6.45) is 13.7. The van der Waals surface area contributed by atoms with Crippen LogP contribution in [0.1, 0.15) is 35.4 Å². The summed E-state index contributed by atoms with van der Waals surface area (Å²) in [5.74, 6) is 1.24. The quantitative estimate of drug-likeness (QED) is 0.232. The topological polar surface area (TPSA) is 93.4 Å². The summed E-state index contributed by atoms with van der Waals surface area (Å²) in [5, 5.41) is 16.4. The van der Waals surface area contributed by atoms with Crippen molar-refractivity contribution in [2.24, 2.45) is 10.9 Å². The third-order valence-electron chi connectivity index (χ3n) is 5.01. The molecule has 2 N–H and O–H groups in total. The second-order valence-corrected chi connectivity index (χ2v) is 8.00. The molecule has 1 aliphatic heterocycles. The number of nitriles is 1. The molecular weight excluding hydrogens is 396 g/mol. The second kappa shape index (κ2) is 11.7. The summed E-state index contributed by atoms with van der Waals surface area (Å²) >= 11 is 1.51. The van der Waals surface area contributed by atoms with Crippen LogP contribution in [0, 0.1) is 17.4 Å². The van der Waals surface area contributed by atoms with E-state index in [-0.39, 0.29) is 5.91 Å². The maximum Gasteiger partial charge on any atom is 0.263 e. The van der Waals surface area contributed by atoms with Crippen LogP contribution >= 0.6 is 11.3 Å². The fraction of sp³-hybridized carbons (Fsp3) is 0.364. The van der Waals surface area contributed by atoms with Crippen molar-refractivity contribution in [1.82, 2.24) is 15.2 Å². The van der Waals surface area contributed by atoms with E-state index in [1.807, 2.05) is 46.8 Å². The average molecular weight is 423 g/mol. The van der Waals surface area contributed by atoms with Crippen molar-refractivity contribution in [2.75, 3.05) is 25.0 Å². The Morgan fingerprint density at radius 3 is 2.80 bits per heavy atom. The molecule has 0 unspecified atom stereocenters. The minimum Gasteiger partial charge on any atom is -0.338 e. The van der Waals surface area contributed by atoms with E-state index in [2.05, 4.69) is 26.7 Å². The number of thiophene rings is 1. The zero-order valence-electron chi connectivity index (χ0n) is 16.8. The number of anilines is 1. The summed E-state index contributed by atoms with van der Waals surface area (Å²) in [5.41, 5.74) is 0.819. The van der Waals surface area contributed by atoms with Crippen LogP contribution in [0.25, 0.3) is 0 Å². The number of carbonyl (C=O) groups excluding carboxylic acids is 1. The number of rotatable bonds is 7. The molecule has 156 valence electrons. The van der Waals surface area contributed by atoms with Gasteiger partial charge in [0.2, 0.25) is 5.96 Å². The summed E-state index contributed by atoms with van der Waals surface area (Å²) in [6.45, 7) is 2.19. The summed E-state index contributed by atoms with van der Waals surface area (Å²) in [4.78, 5) is 23.5. The molecule has 2 aromatic rings. The number of hydrogen-bond acceptors (Lipinski definition) is 5. The Bertz CT molecular complexity index is 880. The number of guanidine groups is 1. The number of aliphatic imine (C=N–C) groups is 1. The highest BCUT2D eigenvalue weighted by molar-refractivity contribution is 7.12. The fourth-order valence-electron chi connectivity index (χ4n) is 3.38. The Hall–Kier alpha value is -3.18. The second-order valence-electron chi connectivity index (χ2n) is 7.05. The summed E-state index contributed by atoms with van der Waals surface area (Å²) < 4.78 is 0. The van der Waals surface area contributed by atoms with Crippen molar-refractivity contribution < 1.29 is 4.79 Å². The van der Waals surface area contributed by atoms with Gasteiger partial charge in [0.1, 0.15) is 0 Å². The van der Waals surface area contributed by atoms with Gasteiger partial charge >= 0.3 is 0 Å². The van der Waals surface area contributed by atoms with Crippen molar-refractivity contribution >= 4 is 28.9 Å². The smallest absolute Gasteiger partial charge is 0.263 e. The Kier molecular flexibility index (Phi) is 8.42. The van der Waals surface area contributed by atoms with E-state index in [1.54, 1.807) is 12.4 Å². The maximum absolute atomic E-state index is 12.4. The number of nitrogens with one attached hydrogen (secondary N) is 2. The highest BCUT2D eigenvalue weighted by Crippen LogP contribution is 2.24. The number of amides is 1. The van der Waals surface area contributed by atoms with E-state index in [4.69, 9.17) is 5.26 Å². The zero-order valence-corrected chi connectivity index (χ0v) is 17.6. The van der Waals surface area contributed by atoms with Crippen LogP contribution in [0.15, 0.2) is 59.2 Å².